The number of esters is 1. The lowest BCUT2D eigenvalue weighted by atomic mass is 10.0. The van der Waals surface area contributed by atoms with Crippen molar-refractivity contribution >= 4 is 5.97 Å². The molecule has 1 rings (SSSR count). The van der Waals surface area contributed by atoms with E-state index in [1.165, 1.54) is 25.7 Å². The Hall–Kier alpha value is -0.970. The van der Waals surface area contributed by atoms with Gasteiger partial charge in [0, 0.05) is 11.8 Å². The molecule has 1 aliphatic carbocycles. The largest absolute Gasteiger partial charge is 0.456 e. The average molecular weight is 194 g/mol. The third kappa shape index (κ3) is 4.32. The quantitative estimate of drug-likeness (QED) is 0.277. The van der Waals surface area contributed by atoms with Gasteiger partial charge in [0.2, 0.25) is 0 Å². The van der Waals surface area contributed by atoms with Gasteiger partial charge >= 0.3 is 5.97 Å². The van der Waals surface area contributed by atoms with E-state index in [2.05, 4.69) is 11.8 Å². The molecule has 1 aliphatic rings. The van der Waals surface area contributed by atoms with Crippen molar-refractivity contribution in [3.8, 4) is 11.8 Å². The minimum Gasteiger partial charge on any atom is -0.456 e. The van der Waals surface area contributed by atoms with Crippen LogP contribution in [0.15, 0.2) is 0 Å². The standard InChI is InChI=1S/C12H18O2/c1-2-14-12(13)10-9-11-7-5-3-4-6-8-11/h11H,2-8H2,1H3. The first-order valence-corrected chi connectivity index (χ1v) is 5.51. The van der Waals surface area contributed by atoms with E-state index >= 15 is 0 Å². The molecule has 0 aromatic rings. The fourth-order valence-corrected chi connectivity index (χ4v) is 1.75. The molecule has 0 atom stereocenters. The van der Waals surface area contributed by atoms with Gasteiger partial charge in [0.25, 0.3) is 0 Å². The Morgan fingerprint density at radius 3 is 2.50 bits per heavy atom. The van der Waals surface area contributed by atoms with Crippen LogP contribution in [0.25, 0.3) is 0 Å². The summed E-state index contributed by atoms with van der Waals surface area (Å²) in [5.41, 5.74) is 0. The number of carbonyl (C=O) groups is 1. The second-order valence-corrected chi connectivity index (χ2v) is 3.68. The van der Waals surface area contributed by atoms with Crippen LogP contribution in [-0.4, -0.2) is 12.6 Å². The van der Waals surface area contributed by atoms with Crippen molar-refractivity contribution in [2.75, 3.05) is 6.61 Å². The van der Waals surface area contributed by atoms with Crippen LogP contribution in [0.5, 0.6) is 0 Å². The van der Waals surface area contributed by atoms with Crippen LogP contribution in [0.1, 0.15) is 45.4 Å². The van der Waals surface area contributed by atoms with Gasteiger partial charge in [-0.1, -0.05) is 31.6 Å². The maximum atomic E-state index is 11.0. The monoisotopic (exact) mass is 194 g/mol. The van der Waals surface area contributed by atoms with E-state index in [9.17, 15) is 4.79 Å². The van der Waals surface area contributed by atoms with Gasteiger partial charge < -0.3 is 4.74 Å². The average Bonchev–Trinajstić information content (AvgIpc) is 2.43. The third-order valence-electron chi connectivity index (χ3n) is 2.51. The Kier molecular flexibility index (Phi) is 5.14. The number of hydrogen-bond acceptors (Lipinski definition) is 2. The minimum atomic E-state index is -0.378. The topological polar surface area (TPSA) is 26.3 Å². The van der Waals surface area contributed by atoms with Crippen LogP contribution in [0.3, 0.4) is 0 Å². The predicted molar refractivity (Wildman–Crippen MR) is 55.6 cm³/mol. The highest BCUT2D eigenvalue weighted by Gasteiger charge is 2.09. The fraction of sp³-hybridized carbons (Fsp3) is 0.750. The van der Waals surface area contributed by atoms with Gasteiger partial charge in [-0.25, -0.2) is 4.79 Å². The molecule has 0 bridgehead atoms. The van der Waals surface area contributed by atoms with Crippen LogP contribution < -0.4 is 0 Å². The van der Waals surface area contributed by atoms with Crippen LogP contribution in [0, 0.1) is 17.8 Å². The Morgan fingerprint density at radius 1 is 1.29 bits per heavy atom. The summed E-state index contributed by atoms with van der Waals surface area (Å²) in [5.74, 6) is 5.63. The highest BCUT2D eigenvalue weighted by atomic mass is 16.5. The molecule has 0 amide bonds. The van der Waals surface area contributed by atoms with E-state index in [0.29, 0.717) is 12.5 Å². The van der Waals surface area contributed by atoms with Crippen molar-refractivity contribution in [1.29, 1.82) is 0 Å². The summed E-state index contributed by atoms with van der Waals surface area (Å²) in [6.07, 6.45) is 7.43. The minimum absolute atomic E-state index is 0.378. The Morgan fingerprint density at radius 2 is 1.93 bits per heavy atom. The lowest BCUT2D eigenvalue weighted by molar-refractivity contribution is -0.136. The predicted octanol–water partition coefficient (Wildman–Crippen LogP) is 2.52. The van der Waals surface area contributed by atoms with E-state index in [4.69, 9.17) is 4.74 Å². The van der Waals surface area contributed by atoms with E-state index < -0.39 is 0 Å². The maximum absolute atomic E-state index is 11.0. The summed E-state index contributed by atoms with van der Waals surface area (Å²) in [6.45, 7) is 2.21. The van der Waals surface area contributed by atoms with Crippen LogP contribution in [0.4, 0.5) is 0 Å². The first-order valence-electron chi connectivity index (χ1n) is 5.51. The van der Waals surface area contributed by atoms with Gasteiger partial charge in [0.15, 0.2) is 0 Å². The molecule has 1 fully saturated rings. The molecule has 0 aromatic heterocycles. The number of rotatable bonds is 1. The molecule has 0 unspecified atom stereocenters. The first kappa shape index (κ1) is 11.1. The zero-order valence-corrected chi connectivity index (χ0v) is 8.84. The molecule has 14 heavy (non-hydrogen) atoms. The van der Waals surface area contributed by atoms with Crippen molar-refractivity contribution in [2.45, 2.75) is 45.4 Å². The molecule has 0 aromatic carbocycles. The second-order valence-electron chi connectivity index (χ2n) is 3.68. The summed E-state index contributed by atoms with van der Waals surface area (Å²) >= 11 is 0. The molecule has 0 radical (unpaired) electrons. The molecular formula is C12H18O2. The zero-order chi connectivity index (χ0) is 10.2. The van der Waals surface area contributed by atoms with Crippen LogP contribution in [-0.2, 0) is 9.53 Å². The first-order chi connectivity index (χ1) is 6.83. The normalized spacial score (nSPS) is 17.8. The van der Waals surface area contributed by atoms with Crippen molar-refractivity contribution in [2.24, 2.45) is 5.92 Å². The SMILES string of the molecule is CCOC(=O)C#CC1CCCCCC1. The lowest BCUT2D eigenvalue weighted by Crippen LogP contribution is -2.01. The van der Waals surface area contributed by atoms with Gasteiger partial charge in [-0.15, -0.1) is 0 Å². The Balaban J connectivity index is 2.36. The van der Waals surface area contributed by atoms with Gasteiger partial charge in [-0.3, -0.25) is 0 Å². The highest BCUT2D eigenvalue weighted by Crippen LogP contribution is 2.21. The number of ether oxygens (including phenoxy) is 1. The number of hydrogen-bond donors (Lipinski definition) is 0. The zero-order valence-electron chi connectivity index (χ0n) is 8.84. The van der Waals surface area contributed by atoms with E-state index in [0.717, 1.165) is 12.8 Å². The molecule has 0 N–H and O–H groups in total. The molecule has 0 aliphatic heterocycles. The third-order valence-corrected chi connectivity index (χ3v) is 2.51. The van der Waals surface area contributed by atoms with E-state index in [-0.39, 0.29) is 5.97 Å². The molecule has 78 valence electrons. The summed E-state index contributed by atoms with van der Waals surface area (Å²) in [4.78, 5) is 11.0. The van der Waals surface area contributed by atoms with Crippen molar-refractivity contribution < 1.29 is 9.53 Å². The summed E-state index contributed by atoms with van der Waals surface area (Å²) in [7, 11) is 0. The second kappa shape index (κ2) is 6.48. The van der Waals surface area contributed by atoms with Gasteiger partial charge in [0.1, 0.15) is 0 Å². The fourth-order valence-electron chi connectivity index (χ4n) is 1.75. The summed E-state index contributed by atoms with van der Waals surface area (Å²) in [6, 6.07) is 0. The van der Waals surface area contributed by atoms with Gasteiger partial charge in [0.05, 0.1) is 6.61 Å². The Labute approximate surface area is 86.0 Å². The molecular weight excluding hydrogens is 176 g/mol. The summed E-state index contributed by atoms with van der Waals surface area (Å²) < 4.78 is 4.75. The molecule has 2 heteroatoms. The van der Waals surface area contributed by atoms with Crippen LogP contribution in [0.2, 0.25) is 0 Å². The lowest BCUT2D eigenvalue weighted by Gasteiger charge is -2.03. The van der Waals surface area contributed by atoms with Crippen LogP contribution >= 0.6 is 0 Å². The smallest absolute Gasteiger partial charge is 0.384 e. The molecule has 0 saturated heterocycles. The molecule has 0 spiro atoms. The van der Waals surface area contributed by atoms with E-state index in [1.54, 1.807) is 6.92 Å². The van der Waals surface area contributed by atoms with E-state index in [1.807, 2.05) is 0 Å². The van der Waals surface area contributed by atoms with Crippen molar-refractivity contribution in [3.05, 3.63) is 0 Å². The Bertz CT molecular complexity index is 226. The summed E-state index contributed by atoms with van der Waals surface area (Å²) in [5, 5.41) is 0. The number of carbonyl (C=O) groups excluding carboxylic acids is 1. The highest BCUT2D eigenvalue weighted by molar-refractivity contribution is 5.88. The van der Waals surface area contributed by atoms with Crippen molar-refractivity contribution in [3.63, 3.8) is 0 Å². The van der Waals surface area contributed by atoms with Gasteiger partial charge in [-0.05, 0) is 19.8 Å². The maximum Gasteiger partial charge on any atom is 0.384 e. The molecule has 1 saturated carbocycles. The van der Waals surface area contributed by atoms with Gasteiger partial charge in [-0.2, -0.15) is 0 Å². The van der Waals surface area contributed by atoms with Crippen molar-refractivity contribution in [1.82, 2.24) is 0 Å². The molecule has 2 nitrogen and oxygen atoms in total. The molecule has 0 heterocycles.